The maximum absolute atomic E-state index is 13.0. The molecule has 3 aromatic rings. The maximum atomic E-state index is 13.0. The van der Waals surface area contributed by atoms with Crippen LogP contribution in [0, 0.1) is 13.8 Å². The molecule has 1 aromatic carbocycles. The highest BCUT2D eigenvalue weighted by Crippen LogP contribution is 2.40. The van der Waals surface area contributed by atoms with Crippen LogP contribution in [0.3, 0.4) is 0 Å². The van der Waals surface area contributed by atoms with Crippen LogP contribution in [0.25, 0.3) is 0 Å². The number of carbonyl (C=O) groups is 1. The molecule has 1 saturated heterocycles. The standard InChI is InChI=1S/C28H35N5O2S/c1-5-21-10-6-7-11-23(21)30-25(34)13-15-33-27(22-18-19(2)32(20(22)3)16-17-35-4)26(31-28(33)36)24-12-8-9-14-29-24/h6-12,14,18,26-27H,5,13,15-17H2,1-4H3,(H,30,34)(H,31,36)/t26-,27+/m0/s1. The summed E-state index contributed by atoms with van der Waals surface area (Å²) in [6.45, 7) is 8.27. The molecule has 0 bridgehead atoms. The fourth-order valence-electron chi connectivity index (χ4n) is 5.02. The smallest absolute Gasteiger partial charge is 0.226 e. The van der Waals surface area contributed by atoms with Crippen LogP contribution >= 0.6 is 12.2 Å². The Balaban J connectivity index is 1.60. The Morgan fingerprint density at radius 3 is 2.67 bits per heavy atom. The van der Waals surface area contributed by atoms with Gasteiger partial charge in [-0.1, -0.05) is 31.2 Å². The van der Waals surface area contributed by atoms with Crippen LogP contribution in [0.1, 0.15) is 53.6 Å². The van der Waals surface area contributed by atoms with E-state index in [9.17, 15) is 4.79 Å². The summed E-state index contributed by atoms with van der Waals surface area (Å²) in [5, 5.41) is 7.21. The molecule has 36 heavy (non-hydrogen) atoms. The van der Waals surface area contributed by atoms with E-state index >= 15 is 0 Å². The zero-order valence-electron chi connectivity index (χ0n) is 21.5. The molecule has 4 rings (SSSR count). The fourth-order valence-corrected chi connectivity index (χ4v) is 5.36. The largest absolute Gasteiger partial charge is 0.383 e. The summed E-state index contributed by atoms with van der Waals surface area (Å²) in [5.74, 6) is -0.0238. The number of thiocarbonyl (C=S) groups is 1. The first-order valence-corrected chi connectivity index (χ1v) is 12.9. The monoisotopic (exact) mass is 505 g/mol. The van der Waals surface area contributed by atoms with Crippen molar-refractivity contribution < 1.29 is 9.53 Å². The first-order chi connectivity index (χ1) is 17.4. The number of carbonyl (C=O) groups excluding carboxylic acids is 1. The molecule has 2 N–H and O–H groups in total. The molecule has 0 saturated carbocycles. The van der Waals surface area contributed by atoms with E-state index in [0.29, 0.717) is 24.7 Å². The predicted octanol–water partition coefficient (Wildman–Crippen LogP) is 4.71. The number of pyridine rings is 1. The third-order valence-electron chi connectivity index (χ3n) is 6.90. The zero-order valence-corrected chi connectivity index (χ0v) is 22.3. The van der Waals surface area contributed by atoms with E-state index in [-0.39, 0.29) is 18.0 Å². The lowest BCUT2D eigenvalue weighted by Gasteiger charge is -2.28. The van der Waals surface area contributed by atoms with Crippen molar-refractivity contribution in [1.82, 2.24) is 19.8 Å². The highest BCUT2D eigenvalue weighted by Gasteiger charge is 2.41. The van der Waals surface area contributed by atoms with E-state index in [2.05, 4.69) is 51.9 Å². The molecule has 0 aliphatic carbocycles. The Bertz CT molecular complexity index is 1210. The minimum Gasteiger partial charge on any atom is -0.383 e. The topological polar surface area (TPSA) is 71.4 Å². The molecule has 2 atom stereocenters. The van der Waals surface area contributed by atoms with Crippen LogP contribution in [0.4, 0.5) is 5.69 Å². The Labute approximate surface area is 218 Å². The van der Waals surface area contributed by atoms with Gasteiger partial charge in [-0.25, -0.2) is 0 Å². The number of nitrogens with one attached hydrogen (secondary N) is 2. The van der Waals surface area contributed by atoms with Crippen molar-refractivity contribution in [2.75, 3.05) is 25.6 Å². The number of methoxy groups -OCH3 is 1. The first kappa shape index (κ1) is 25.9. The van der Waals surface area contributed by atoms with Gasteiger partial charge in [0.25, 0.3) is 0 Å². The average Bonchev–Trinajstić information content (AvgIpc) is 3.36. The van der Waals surface area contributed by atoms with Crippen molar-refractivity contribution >= 4 is 28.9 Å². The van der Waals surface area contributed by atoms with Gasteiger partial charge in [-0.3, -0.25) is 9.78 Å². The minimum absolute atomic E-state index is 0.0238. The Hall–Kier alpha value is -3.23. The van der Waals surface area contributed by atoms with Gasteiger partial charge in [-0.05, 0) is 67.9 Å². The highest BCUT2D eigenvalue weighted by molar-refractivity contribution is 7.80. The van der Waals surface area contributed by atoms with Crippen LogP contribution in [-0.4, -0.2) is 45.7 Å². The summed E-state index contributed by atoms with van der Waals surface area (Å²) in [7, 11) is 1.72. The van der Waals surface area contributed by atoms with Gasteiger partial charge in [0.2, 0.25) is 5.91 Å². The second-order valence-electron chi connectivity index (χ2n) is 9.10. The second-order valence-corrected chi connectivity index (χ2v) is 9.49. The van der Waals surface area contributed by atoms with Gasteiger partial charge in [0, 0.05) is 49.9 Å². The van der Waals surface area contributed by atoms with Crippen LogP contribution < -0.4 is 10.6 Å². The molecule has 0 unspecified atom stereocenters. The van der Waals surface area contributed by atoms with E-state index in [1.54, 1.807) is 13.3 Å². The number of ether oxygens (including phenoxy) is 1. The molecular formula is C28H35N5O2S. The van der Waals surface area contributed by atoms with Crippen molar-refractivity contribution in [3.63, 3.8) is 0 Å². The van der Waals surface area contributed by atoms with Crippen molar-refractivity contribution in [2.24, 2.45) is 0 Å². The van der Waals surface area contributed by atoms with Crippen LogP contribution in [-0.2, 0) is 22.5 Å². The van der Waals surface area contributed by atoms with Crippen LogP contribution in [0.5, 0.6) is 0 Å². The van der Waals surface area contributed by atoms with E-state index in [1.807, 2.05) is 42.5 Å². The normalized spacial score (nSPS) is 17.3. The van der Waals surface area contributed by atoms with Gasteiger partial charge < -0.3 is 24.8 Å². The van der Waals surface area contributed by atoms with Gasteiger partial charge in [0.15, 0.2) is 5.11 Å². The molecule has 1 fully saturated rings. The summed E-state index contributed by atoms with van der Waals surface area (Å²) in [4.78, 5) is 19.7. The van der Waals surface area contributed by atoms with Gasteiger partial charge >= 0.3 is 0 Å². The molecule has 1 aliphatic heterocycles. The number of hydrogen-bond donors (Lipinski definition) is 2. The minimum atomic E-state index is -0.112. The SMILES string of the molecule is CCc1ccccc1NC(=O)CCN1C(=S)N[C@@H](c2ccccn2)[C@H]1c1cc(C)n(CCOC)c1C. The number of hydrogen-bond acceptors (Lipinski definition) is 4. The molecule has 2 aromatic heterocycles. The van der Waals surface area contributed by atoms with Gasteiger partial charge in [-0.15, -0.1) is 0 Å². The third-order valence-corrected chi connectivity index (χ3v) is 7.25. The Morgan fingerprint density at radius 2 is 1.94 bits per heavy atom. The average molecular weight is 506 g/mol. The predicted molar refractivity (Wildman–Crippen MR) is 147 cm³/mol. The number of para-hydroxylation sites is 1. The summed E-state index contributed by atoms with van der Waals surface area (Å²) < 4.78 is 7.61. The zero-order chi connectivity index (χ0) is 25.7. The molecule has 190 valence electrons. The molecule has 1 aliphatic rings. The quantitative estimate of drug-likeness (QED) is 0.389. The van der Waals surface area contributed by atoms with E-state index in [1.165, 1.54) is 17.0 Å². The number of benzene rings is 1. The number of rotatable bonds is 10. The van der Waals surface area contributed by atoms with Crippen LogP contribution in [0.15, 0.2) is 54.7 Å². The Morgan fingerprint density at radius 1 is 1.17 bits per heavy atom. The van der Waals surface area contributed by atoms with Crippen LogP contribution in [0.2, 0.25) is 0 Å². The van der Waals surface area contributed by atoms with E-state index < -0.39 is 0 Å². The van der Waals surface area contributed by atoms with Gasteiger partial charge in [-0.2, -0.15) is 0 Å². The number of anilines is 1. The van der Waals surface area contributed by atoms with Crippen molar-refractivity contribution in [2.45, 2.75) is 52.2 Å². The lowest BCUT2D eigenvalue weighted by atomic mass is 9.96. The number of aryl methyl sites for hydroxylation is 2. The molecule has 8 heteroatoms. The highest BCUT2D eigenvalue weighted by atomic mass is 32.1. The summed E-state index contributed by atoms with van der Waals surface area (Å²) in [6, 6.07) is 15.9. The molecule has 3 heterocycles. The summed E-state index contributed by atoms with van der Waals surface area (Å²) in [6.07, 6.45) is 3.00. The lowest BCUT2D eigenvalue weighted by Crippen LogP contribution is -2.33. The maximum Gasteiger partial charge on any atom is 0.226 e. The molecular weight excluding hydrogens is 470 g/mol. The van der Waals surface area contributed by atoms with Gasteiger partial charge in [0.1, 0.15) is 0 Å². The molecule has 0 radical (unpaired) electrons. The lowest BCUT2D eigenvalue weighted by molar-refractivity contribution is -0.116. The fraction of sp³-hybridized carbons (Fsp3) is 0.393. The number of aromatic nitrogens is 2. The number of nitrogens with zero attached hydrogens (tertiary/aromatic N) is 3. The molecule has 0 spiro atoms. The molecule has 1 amide bonds. The van der Waals surface area contributed by atoms with E-state index in [4.69, 9.17) is 17.0 Å². The summed E-state index contributed by atoms with van der Waals surface area (Å²) in [5.41, 5.74) is 6.45. The van der Waals surface area contributed by atoms with E-state index in [0.717, 1.165) is 29.9 Å². The Kier molecular flexibility index (Phi) is 8.38. The van der Waals surface area contributed by atoms with Crippen molar-refractivity contribution in [1.29, 1.82) is 0 Å². The first-order valence-electron chi connectivity index (χ1n) is 12.5. The van der Waals surface area contributed by atoms with Crippen molar-refractivity contribution in [3.05, 3.63) is 82.9 Å². The third kappa shape index (κ3) is 5.44. The number of amides is 1. The molecule has 7 nitrogen and oxygen atoms in total. The second kappa shape index (κ2) is 11.7. The summed E-state index contributed by atoms with van der Waals surface area (Å²) >= 11 is 5.80. The van der Waals surface area contributed by atoms with Gasteiger partial charge in [0.05, 0.1) is 24.4 Å². The van der Waals surface area contributed by atoms with Crippen molar-refractivity contribution in [3.8, 4) is 0 Å².